The third-order valence-corrected chi connectivity index (χ3v) is 3.21. The maximum atomic E-state index is 9.04. The molecule has 2 rings (SSSR count). The third-order valence-electron chi connectivity index (χ3n) is 2.89. The minimum atomic E-state index is 0.379. The molecular formula is C16H14ClNO2. The monoisotopic (exact) mass is 287 g/mol. The van der Waals surface area contributed by atoms with Gasteiger partial charge >= 0.3 is 0 Å². The number of hydrogen-bond acceptors (Lipinski definition) is 3. The van der Waals surface area contributed by atoms with Crippen molar-refractivity contribution in [3.63, 3.8) is 0 Å². The van der Waals surface area contributed by atoms with Gasteiger partial charge in [0.05, 0.1) is 18.7 Å². The van der Waals surface area contributed by atoms with Crippen molar-refractivity contribution in [3.05, 3.63) is 58.6 Å². The van der Waals surface area contributed by atoms with Crippen molar-refractivity contribution < 1.29 is 9.47 Å². The summed E-state index contributed by atoms with van der Waals surface area (Å²) < 4.78 is 10.7. The van der Waals surface area contributed by atoms with E-state index in [1.165, 1.54) is 0 Å². The second-order valence-corrected chi connectivity index (χ2v) is 4.58. The molecular weight excluding hydrogens is 274 g/mol. The molecule has 0 spiro atoms. The highest BCUT2D eigenvalue weighted by atomic mass is 35.5. The molecule has 3 nitrogen and oxygen atoms in total. The second kappa shape index (κ2) is 6.83. The van der Waals surface area contributed by atoms with E-state index in [9.17, 15) is 0 Å². The molecule has 0 N–H and O–H groups in total. The molecule has 0 unspecified atom stereocenters. The van der Waals surface area contributed by atoms with Gasteiger partial charge in [0.15, 0.2) is 0 Å². The zero-order valence-corrected chi connectivity index (χ0v) is 11.9. The van der Waals surface area contributed by atoms with Crippen molar-refractivity contribution in [3.8, 4) is 17.6 Å². The van der Waals surface area contributed by atoms with Crippen LogP contribution in [-0.4, -0.2) is 13.7 Å². The molecule has 0 saturated heterocycles. The van der Waals surface area contributed by atoms with Gasteiger partial charge in [0.2, 0.25) is 0 Å². The van der Waals surface area contributed by atoms with E-state index in [0.29, 0.717) is 22.9 Å². The first kappa shape index (κ1) is 14.2. The standard InChI is InChI=1S/C16H14ClNO2/c1-19-13-7-5-12(6-8-13)9-10-20-16-4-2-3-15(17)14(16)11-18/h2-8H,9-10H2,1H3. The van der Waals surface area contributed by atoms with Gasteiger partial charge in [-0.15, -0.1) is 0 Å². The van der Waals surface area contributed by atoms with Crippen molar-refractivity contribution in [1.82, 2.24) is 0 Å². The summed E-state index contributed by atoms with van der Waals surface area (Å²) in [5.41, 5.74) is 1.52. The van der Waals surface area contributed by atoms with Crippen LogP contribution in [0.3, 0.4) is 0 Å². The van der Waals surface area contributed by atoms with Gasteiger partial charge in [0.25, 0.3) is 0 Å². The van der Waals surface area contributed by atoms with Crippen LogP contribution in [0.25, 0.3) is 0 Å². The molecule has 0 heterocycles. The Balaban J connectivity index is 1.96. The number of ether oxygens (including phenoxy) is 2. The van der Waals surface area contributed by atoms with Crippen LogP contribution < -0.4 is 9.47 Å². The molecule has 0 radical (unpaired) electrons. The van der Waals surface area contributed by atoms with Gasteiger partial charge in [-0.2, -0.15) is 5.26 Å². The maximum absolute atomic E-state index is 9.04. The molecule has 0 fully saturated rings. The second-order valence-electron chi connectivity index (χ2n) is 4.17. The van der Waals surface area contributed by atoms with E-state index in [1.807, 2.05) is 24.3 Å². The molecule has 20 heavy (non-hydrogen) atoms. The zero-order chi connectivity index (χ0) is 14.4. The van der Waals surface area contributed by atoms with Crippen molar-refractivity contribution in [2.45, 2.75) is 6.42 Å². The van der Waals surface area contributed by atoms with Gasteiger partial charge < -0.3 is 9.47 Å². The summed E-state index contributed by atoms with van der Waals surface area (Å²) in [6.45, 7) is 0.487. The van der Waals surface area contributed by atoms with Gasteiger partial charge in [-0.3, -0.25) is 0 Å². The largest absolute Gasteiger partial charge is 0.497 e. The highest BCUT2D eigenvalue weighted by Gasteiger charge is 2.07. The van der Waals surface area contributed by atoms with Crippen LogP contribution in [0.5, 0.6) is 11.5 Å². The van der Waals surface area contributed by atoms with Crippen LogP contribution in [0, 0.1) is 11.3 Å². The summed E-state index contributed by atoms with van der Waals surface area (Å²) in [7, 11) is 1.64. The smallest absolute Gasteiger partial charge is 0.138 e. The van der Waals surface area contributed by atoms with Crippen LogP contribution >= 0.6 is 11.6 Å². The Kier molecular flexibility index (Phi) is 4.86. The number of nitriles is 1. The van der Waals surface area contributed by atoms with Crippen molar-refractivity contribution in [1.29, 1.82) is 5.26 Å². The Hall–Kier alpha value is -2.18. The molecule has 2 aromatic rings. The fourth-order valence-corrected chi connectivity index (χ4v) is 2.01. The van der Waals surface area contributed by atoms with E-state index >= 15 is 0 Å². The van der Waals surface area contributed by atoms with E-state index < -0.39 is 0 Å². The first-order valence-electron chi connectivity index (χ1n) is 6.19. The van der Waals surface area contributed by atoms with Crippen LogP contribution in [-0.2, 0) is 6.42 Å². The number of rotatable bonds is 5. The Labute approximate surface area is 123 Å². The summed E-state index contributed by atoms with van der Waals surface area (Å²) in [6.07, 6.45) is 0.751. The van der Waals surface area contributed by atoms with E-state index in [1.54, 1.807) is 25.3 Å². The maximum Gasteiger partial charge on any atom is 0.138 e. The molecule has 0 aromatic heterocycles. The fourth-order valence-electron chi connectivity index (χ4n) is 1.80. The molecule has 102 valence electrons. The molecule has 0 aliphatic heterocycles. The van der Waals surface area contributed by atoms with Crippen LogP contribution in [0.15, 0.2) is 42.5 Å². The zero-order valence-electron chi connectivity index (χ0n) is 11.1. The van der Waals surface area contributed by atoms with E-state index in [2.05, 4.69) is 6.07 Å². The summed E-state index contributed by atoms with van der Waals surface area (Å²) in [6, 6.07) is 15.1. The van der Waals surface area contributed by atoms with Gasteiger partial charge in [0, 0.05) is 6.42 Å². The molecule has 0 aliphatic carbocycles. The average Bonchev–Trinajstić information content (AvgIpc) is 2.48. The van der Waals surface area contributed by atoms with E-state index in [-0.39, 0.29) is 0 Å². The number of halogens is 1. The molecule has 0 bridgehead atoms. The predicted octanol–water partition coefficient (Wildman–Crippen LogP) is 3.84. The summed E-state index contributed by atoms with van der Waals surface area (Å²) in [5, 5.41) is 9.46. The van der Waals surface area contributed by atoms with Crippen molar-refractivity contribution in [2.75, 3.05) is 13.7 Å². The molecule has 0 aliphatic rings. The summed E-state index contributed by atoms with van der Waals surface area (Å²) in [5.74, 6) is 1.35. The number of methoxy groups -OCH3 is 1. The Morgan fingerprint density at radius 1 is 1.15 bits per heavy atom. The highest BCUT2D eigenvalue weighted by Crippen LogP contribution is 2.25. The Bertz CT molecular complexity index is 617. The first-order chi connectivity index (χ1) is 9.74. The first-order valence-corrected chi connectivity index (χ1v) is 6.56. The van der Waals surface area contributed by atoms with Crippen LogP contribution in [0.4, 0.5) is 0 Å². The number of hydrogen-bond donors (Lipinski definition) is 0. The van der Waals surface area contributed by atoms with Gasteiger partial charge in [-0.05, 0) is 29.8 Å². The lowest BCUT2D eigenvalue weighted by Crippen LogP contribution is -2.02. The van der Waals surface area contributed by atoms with Gasteiger partial charge in [0.1, 0.15) is 23.1 Å². The van der Waals surface area contributed by atoms with Crippen molar-refractivity contribution >= 4 is 11.6 Å². The van der Waals surface area contributed by atoms with Gasteiger partial charge in [-0.25, -0.2) is 0 Å². The summed E-state index contributed by atoms with van der Waals surface area (Å²) in [4.78, 5) is 0. The molecule has 0 saturated carbocycles. The number of nitrogens with zero attached hydrogens (tertiary/aromatic N) is 1. The average molecular weight is 288 g/mol. The lowest BCUT2D eigenvalue weighted by atomic mass is 10.1. The van der Waals surface area contributed by atoms with Gasteiger partial charge in [-0.1, -0.05) is 29.8 Å². The quantitative estimate of drug-likeness (QED) is 0.839. The SMILES string of the molecule is COc1ccc(CCOc2cccc(Cl)c2C#N)cc1. The molecule has 4 heteroatoms. The summed E-state index contributed by atoms with van der Waals surface area (Å²) >= 11 is 5.94. The van der Waals surface area contributed by atoms with E-state index in [0.717, 1.165) is 17.7 Å². The minimum Gasteiger partial charge on any atom is -0.497 e. The molecule has 0 amide bonds. The van der Waals surface area contributed by atoms with Crippen molar-refractivity contribution in [2.24, 2.45) is 0 Å². The van der Waals surface area contributed by atoms with Crippen LogP contribution in [0.2, 0.25) is 5.02 Å². The number of benzene rings is 2. The lowest BCUT2D eigenvalue weighted by Gasteiger charge is -2.09. The molecule has 2 aromatic carbocycles. The topological polar surface area (TPSA) is 42.2 Å². The molecule has 0 atom stereocenters. The predicted molar refractivity (Wildman–Crippen MR) is 78.4 cm³/mol. The van der Waals surface area contributed by atoms with E-state index in [4.69, 9.17) is 26.3 Å². The Morgan fingerprint density at radius 3 is 2.55 bits per heavy atom. The normalized spacial score (nSPS) is 9.85. The van der Waals surface area contributed by atoms with Crippen LogP contribution in [0.1, 0.15) is 11.1 Å². The fraction of sp³-hybridized carbons (Fsp3) is 0.188. The third kappa shape index (κ3) is 3.43. The highest BCUT2D eigenvalue weighted by molar-refractivity contribution is 6.31. The Morgan fingerprint density at radius 2 is 1.90 bits per heavy atom. The lowest BCUT2D eigenvalue weighted by molar-refractivity contribution is 0.321. The minimum absolute atomic E-state index is 0.379.